The van der Waals surface area contributed by atoms with Crippen LogP contribution in [0.15, 0.2) is 55.1 Å². The number of benzene rings is 2. The molecule has 2 heterocycles. The quantitative estimate of drug-likeness (QED) is 0.533. The Bertz CT molecular complexity index is 1050. The van der Waals surface area contributed by atoms with E-state index in [2.05, 4.69) is 27.8 Å². The summed E-state index contributed by atoms with van der Waals surface area (Å²) in [4.78, 5) is 18.3. The van der Waals surface area contributed by atoms with Crippen molar-refractivity contribution >= 4 is 5.91 Å². The highest BCUT2D eigenvalue weighted by atomic mass is 16.3. The summed E-state index contributed by atoms with van der Waals surface area (Å²) in [7, 11) is 0. The van der Waals surface area contributed by atoms with Crippen molar-refractivity contribution in [3.8, 4) is 16.9 Å². The average Bonchev–Trinajstić information content (AvgIpc) is 3.35. The topological polar surface area (TPSA) is 55.8 Å². The number of hydrogen-bond acceptors (Lipinski definition) is 4. The lowest BCUT2D eigenvalue weighted by Crippen LogP contribution is -2.47. The molecule has 3 fully saturated rings. The van der Waals surface area contributed by atoms with Gasteiger partial charge in [0.2, 0.25) is 0 Å². The van der Waals surface area contributed by atoms with Crippen molar-refractivity contribution in [3.63, 3.8) is 0 Å². The molecule has 2 unspecified atom stereocenters. The molecular formula is C30H39N3O2. The van der Waals surface area contributed by atoms with Gasteiger partial charge in [0.15, 0.2) is 0 Å². The molecule has 2 bridgehead atoms. The van der Waals surface area contributed by atoms with Gasteiger partial charge in [0.25, 0.3) is 5.91 Å². The smallest absolute Gasteiger partial charge is 0.251 e. The predicted molar refractivity (Wildman–Crippen MR) is 141 cm³/mol. The van der Waals surface area contributed by atoms with Gasteiger partial charge in [-0.25, -0.2) is 0 Å². The van der Waals surface area contributed by atoms with E-state index in [1.807, 2.05) is 36.4 Å². The number of carbonyl (C=O) groups excluding carboxylic acids is 1. The monoisotopic (exact) mass is 473 g/mol. The molecule has 2 aliphatic heterocycles. The lowest BCUT2D eigenvalue weighted by molar-refractivity contribution is 0.0787. The SMILES string of the molecule is C=CCN1CCC2CCCC(C1)N2Cc1ccc(C(=O)NC2CCCC2)cc1-c1cccc(O)c1. The van der Waals surface area contributed by atoms with Crippen LogP contribution in [-0.4, -0.2) is 58.6 Å². The van der Waals surface area contributed by atoms with Crippen LogP contribution < -0.4 is 5.32 Å². The summed E-state index contributed by atoms with van der Waals surface area (Å²) >= 11 is 0. The first kappa shape index (κ1) is 24.1. The molecule has 2 aromatic carbocycles. The second-order valence-electron chi connectivity index (χ2n) is 10.6. The maximum absolute atomic E-state index is 13.1. The zero-order valence-corrected chi connectivity index (χ0v) is 20.8. The Labute approximate surface area is 209 Å². The molecule has 2 saturated heterocycles. The number of hydrogen-bond donors (Lipinski definition) is 2. The van der Waals surface area contributed by atoms with Gasteiger partial charge in [0, 0.05) is 49.9 Å². The summed E-state index contributed by atoms with van der Waals surface area (Å²) in [6, 6.07) is 15.0. The summed E-state index contributed by atoms with van der Waals surface area (Å²) in [5, 5.41) is 13.4. The van der Waals surface area contributed by atoms with E-state index in [-0.39, 0.29) is 11.7 Å². The summed E-state index contributed by atoms with van der Waals surface area (Å²) in [6.07, 6.45) is 11.5. The van der Waals surface area contributed by atoms with E-state index in [4.69, 9.17) is 0 Å². The van der Waals surface area contributed by atoms with Gasteiger partial charge >= 0.3 is 0 Å². The van der Waals surface area contributed by atoms with Crippen LogP contribution in [0.1, 0.15) is 67.3 Å². The highest BCUT2D eigenvalue weighted by Crippen LogP contribution is 2.34. The number of nitrogens with zero attached hydrogens (tertiary/aromatic N) is 2. The minimum Gasteiger partial charge on any atom is -0.508 e. The molecule has 2 atom stereocenters. The molecule has 186 valence electrons. The Kier molecular flexibility index (Phi) is 7.54. The second kappa shape index (κ2) is 11.0. The van der Waals surface area contributed by atoms with Gasteiger partial charge in [-0.3, -0.25) is 14.6 Å². The number of carbonyl (C=O) groups is 1. The molecule has 1 amide bonds. The van der Waals surface area contributed by atoms with Gasteiger partial charge < -0.3 is 10.4 Å². The molecule has 0 aromatic heterocycles. The number of nitrogens with one attached hydrogen (secondary N) is 1. The molecule has 1 aliphatic carbocycles. The first-order valence-corrected chi connectivity index (χ1v) is 13.4. The van der Waals surface area contributed by atoms with Gasteiger partial charge in [-0.2, -0.15) is 0 Å². The Hall–Kier alpha value is -2.63. The molecule has 1 saturated carbocycles. The summed E-state index contributed by atoms with van der Waals surface area (Å²) in [6.45, 7) is 8.00. The first-order valence-electron chi connectivity index (χ1n) is 13.4. The summed E-state index contributed by atoms with van der Waals surface area (Å²) in [5.41, 5.74) is 3.93. The molecule has 5 heteroatoms. The van der Waals surface area contributed by atoms with Crippen molar-refractivity contribution < 1.29 is 9.90 Å². The first-order chi connectivity index (χ1) is 17.1. The molecule has 0 spiro atoms. The van der Waals surface area contributed by atoms with E-state index in [1.165, 1.54) is 44.1 Å². The minimum absolute atomic E-state index is 0.0107. The number of phenolic OH excluding ortho intramolecular Hbond substituents is 1. The largest absolute Gasteiger partial charge is 0.508 e. The van der Waals surface area contributed by atoms with Crippen molar-refractivity contribution in [2.75, 3.05) is 19.6 Å². The van der Waals surface area contributed by atoms with E-state index in [9.17, 15) is 9.90 Å². The molecule has 2 N–H and O–H groups in total. The Balaban J connectivity index is 1.44. The fourth-order valence-electron chi connectivity index (χ4n) is 6.39. The number of aromatic hydroxyl groups is 1. The van der Waals surface area contributed by atoms with E-state index in [1.54, 1.807) is 6.07 Å². The highest BCUT2D eigenvalue weighted by Gasteiger charge is 2.34. The molecule has 35 heavy (non-hydrogen) atoms. The number of amides is 1. The van der Waals surface area contributed by atoms with E-state index >= 15 is 0 Å². The number of fused-ring (bicyclic) bond motifs is 2. The lowest BCUT2D eigenvalue weighted by Gasteiger charge is -2.41. The van der Waals surface area contributed by atoms with Crippen LogP contribution in [0, 0.1) is 0 Å². The second-order valence-corrected chi connectivity index (χ2v) is 10.6. The van der Waals surface area contributed by atoms with Crippen molar-refractivity contribution in [3.05, 3.63) is 66.2 Å². The van der Waals surface area contributed by atoms with Crippen LogP contribution in [0.3, 0.4) is 0 Å². The maximum Gasteiger partial charge on any atom is 0.251 e. The maximum atomic E-state index is 13.1. The predicted octanol–water partition coefficient (Wildman–Crippen LogP) is 5.35. The van der Waals surface area contributed by atoms with E-state index in [0.717, 1.165) is 50.1 Å². The molecule has 3 aliphatic rings. The zero-order chi connectivity index (χ0) is 24.2. The van der Waals surface area contributed by atoms with Crippen molar-refractivity contribution in [1.29, 1.82) is 0 Å². The van der Waals surface area contributed by atoms with Crippen molar-refractivity contribution in [1.82, 2.24) is 15.1 Å². The van der Waals surface area contributed by atoms with Crippen LogP contribution in [0.2, 0.25) is 0 Å². The number of phenols is 1. The molecule has 5 nitrogen and oxygen atoms in total. The number of rotatable bonds is 7. The molecule has 0 radical (unpaired) electrons. The van der Waals surface area contributed by atoms with Gasteiger partial charge in [0.1, 0.15) is 5.75 Å². The molecule has 5 rings (SSSR count). The fourth-order valence-corrected chi connectivity index (χ4v) is 6.39. The van der Waals surface area contributed by atoms with Crippen LogP contribution in [0.4, 0.5) is 0 Å². The van der Waals surface area contributed by atoms with Crippen LogP contribution >= 0.6 is 0 Å². The standard InChI is InChI=1S/C30H39N3O2/c1-2-16-32-17-15-26-10-6-11-27(21-32)33(26)20-24-14-13-23(30(35)31-25-8-3-4-9-25)19-29(24)22-7-5-12-28(34)18-22/h2,5,7,12-14,18-19,25-27,34H,1,3-4,6,8-11,15-17,20-21H2,(H,31,35). The number of piperidine rings is 1. The van der Waals surface area contributed by atoms with Gasteiger partial charge in [-0.15, -0.1) is 6.58 Å². The average molecular weight is 474 g/mol. The van der Waals surface area contributed by atoms with Crippen LogP contribution in [0.25, 0.3) is 11.1 Å². The zero-order valence-electron chi connectivity index (χ0n) is 20.8. The lowest BCUT2D eigenvalue weighted by atomic mass is 9.91. The van der Waals surface area contributed by atoms with Gasteiger partial charge in [0.05, 0.1) is 0 Å². The normalized spacial score (nSPS) is 23.7. The third-order valence-electron chi connectivity index (χ3n) is 8.22. The fraction of sp³-hybridized carbons (Fsp3) is 0.500. The Morgan fingerprint density at radius 1 is 1.03 bits per heavy atom. The van der Waals surface area contributed by atoms with Gasteiger partial charge in [-0.05, 0) is 73.1 Å². The van der Waals surface area contributed by atoms with Crippen LogP contribution in [0.5, 0.6) is 5.75 Å². The van der Waals surface area contributed by atoms with Crippen LogP contribution in [-0.2, 0) is 6.54 Å². The van der Waals surface area contributed by atoms with Gasteiger partial charge in [-0.1, -0.05) is 43.5 Å². The molecule has 2 aromatic rings. The highest BCUT2D eigenvalue weighted by molar-refractivity contribution is 5.96. The van der Waals surface area contributed by atoms with Crippen molar-refractivity contribution in [2.24, 2.45) is 0 Å². The van der Waals surface area contributed by atoms with E-state index in [0.29, 0.717) is 23.7 Å². The van der Waals surface area contributed by atoms with Crippen molar-refractivity contribution in [2.45, 2.75) is 76.0 Å². The Morgan fingerprint density at radius 3 is 2.66 bits per heavy atom. The third kappa shape index (κ3) is 5.62. The summed E-state index contributed by atoms with van der Waals surface area (Å²) < 4.78 is 0. The summed E-state index contributed by atoms with van der Waals surface area (Å²) in [5.74, 6) is 0.262. The third-order valence-corrected chi connectivity index (χ3v) is 8.22. The van der Waals surface area contributed by atoms with E-state index < -0.39 is 0 Å². The Morgan fingerprint density at radius 2 is 1.86 bits per heavy atom. The molecular weight excluding hydrogens is 434 g/mol. The minimum atomic E-state index is 0.0107.